The Labute approximate surface area is 344 Å². The third-order valence-electron chi connectivity index (χ3n) is 9.27. The smallest absolute Gasteiger partial charge is 0.408 e. The monoisotopic (exact) mass is 854 g/mol. The van der Waals surface area contributed by atoms with Gasteiger partial charge in [0, 0.05) is 39.5 Å². The lowest BCUT2D eigenvalue weighted by Gasteiger charge is -2.46. The van der Waals surface area contributed by atoms with Crippen LogP contribution in [-0.4, -0.2) is 53.9 Å². The number of halogens is 2. The van der Waals surface area contributed by atoms with Gasteiger partial charge in [-0.1, -0.05) is 94.6 Å². The molecule has 3 aromatic rings. The Bertz CT molecular complexity index is 1750. The van der Waals surface area contributed by atoms with Crippen molar-refractivity contribution in [1.82, 2.24) is 10.6 Å². The Morgan fingerprint density at radius 3 is 2.04 bits per heavy atom. The molecule has 0 saturated heterocycles. The molecule has 3 aromatic carbocycles. The second kappa shape index (κ2) is 20.5. The molecule has 12 heteroatoms. The molecule has 56 heavy (non-hydrogen) atoms. The van der Waals surface area contributed by atoms with Gasteiger partial charge in [0.2, 0.25) is 6.10 Å². The Kier molecular flexibility index (Phi) is 16.4. The minimum Gasteiger partial charge on any atom is -0.460 e. The first-order valence-electron chi connectivity index (χ1n) is 19.4. The Morgan fingerprint density at radius 2 is 1.43 bits per heavy atom. The SMILES string of the molecule is CC(C)(C)OC(=O)CCC[C@H](OC(=O)N[C@@H](CCCNCc1ccc(Br)cc1)C(=O)OC(c1ccccc1)(c1ccccc1Cl)C1CCC1)C(=O)OC(C)(C)C. The largest absolute Gasteiger partial charge is 0.460 e. The van der Waals surface area contributed by atoms with Crippen LogP contribution in [-0.2, 0) is 45.5 Å². The number of benzene rings is 3. The molecule has 1 unspecified atom stereocenters. The first-order valence-corrected chi connectivity index (χ1v) is 20.5. The second-order valence-electron chi connectivity index (χ2n) is 16.2. The zero-order valence-corrected chi connectivity index (χ0v) is 35.7. The highest BCUT2D eigenvalue weighted by Gasteiger charge is 2.50. The van der Waals surface area contributed by atoms with Crippen LogP contribution in [0.1, 0.15) is 110 Å². The molecule has 10 nitrogen and oxygen atoms in total. The van der Waals surface area contributed by atoms with Crippen LogP contribution < -0.4 is 10.6 Å². The lowest BCUT2D eigenvalue weighted by atomic mass is 9.66. The molecule has 0 aromatic heterocycles. The highest BCUT2D eigenvalue weighted by Crippen LogP contribution is 2.51. The molecule has 2 N–H and O–H groups in total. The fourth-order valence-corrected chi connectivity index (χ4v) is 7.08. The number of esters is 3. The minimum absolute atomic E-state index is 0.00196. The van der Waals surface area contributed by atoms with Gasteiger partial charge in [-0.2, -0.15) is 0 Å². The van der Waals surface area contributed by atoms with Crippen LogP contribution in [0.25, 0.3) is 0 Å². The molecule has 1 aliphatic rings. The summed E-state index contributed by atoms with van der Waals surface area (Å²) in [6.07, 6.45) is 1.17. The third kappa shape index (κ3) is 13.6. The van der Waals surface area contributed by atoms with Crippen molar-refractivity contribution in [3.05, 3.63) is 105 Å². The van der Waals surface area contributed by atoms with Crippen LogP contribution in [0.4, 0.5) is 4.79 Å². The summed E-state index contributed by atoms with van der Waals surface area (Å²) in [7, 11) is 0. The molecule has 0 radical (unpaired) electrons. The van der Waals surface area contributed by atoms with Crippen molar-refractivity contribution in [2.45, 2.75) is 128 Å². The number of hydrogen-bond donors (Lipinski definition) is 2. The van der Waals surface area contributed by atoms with Gasteiger partial charge >= 0.3 is 24.0 Å². The van der Waals surface area contributed by atoms with Gasteiger partial charge in [0.1, 0.15) is 17.2 Å². The van der Waals surface area contributed by atoms with Crippen molar-refractivity contribution in [3.8, 4) is 0 Å². The van der Waals surface area contributed by atoms with Gasteiger partial charge in [-0.05, 0) is 110 Å². The number of carbonyl (C=O) groups is 4. The van der Waals surface area contributed by atoms with Crippen LogP contribution >= 0.6 is 27.5 Å². The molecule has 0 aliphatic heterocycles. The van der Waals surface area contributed by atoms with Crippen molar-refractivity contribution in [3.63, 3.8) is 0 Å². The molecule has 0 heterocycles. The van der Waals surface area contributed by atoms with E-state index in [9.17, 15) is 19.2 Å². The summed E-state index contributed by atoms with van der Waals surface area (Å²) in [4.78, 5) is 54.0. The van der Waals surface area contributed by atoms with Gasteiger partial charge in [0.05, 0.1) is 0 Å². The van der Waals surface area contributed by atoms with Gasteiger partial charge in [0.15, 0.2) is 5.60 Å². The zero-order chi connectivity index (χ0) is 40.9. The van der Waals surface area contributed by atoms with Gasteiger partial charge in [0.25, 0.3) is 0 Å². The summed E-state index contributed by atoms with van der Waals surface area (Å²) >= 11 is 10.3. The van der Waals surface area contributed by atoms with Crippen LogP contribution in [0.2, 0.25) is 5.02 Å². The van der Waals surface area contributed by atoms with Gasteiger partial charge < -0.3 is 29.6 Å². The quantitative estimate of drug-likeness (QED) is 0.0730. The number of amides is 1. The molecule has 3 atom stereocenters. The lowest BCUT2D eigenvalue weighted by Crippen LogP contribution is -2.50. The molecule has 4 rings (SSSR count). The van der Waals surface area contributed by atoms with Crippen molar-refractivity contribution < 1.29 is 38.1 Å². The highest BCUT2D eigenvalue weighted by molar-refractivity contribution is 9.10. The van der Waals surface area contributed by atoms with Gasteiger partial charge in [-0.25, -0.2) is 14.4 Å². The first kappa shape index (κ1) is 44.8. The fourth-order valence-electron chi connectivity index (χ4n) is 6.54. The van der Waals surface area contributed by atoms with Gasteiger partial charge in [-0.15, -0.1) is 0 Å². The summed E-state index contributed by atoms with van der Waals surface area (Å²) in [6.45, 7) is 11.6. The molecule has 0 bridgehead atoms. The summed E-state index contributed by atoms with van der Waals surface area (Å²) in [5, 5.41) is 6.59. The molecule has 0 spiro atoms. The average molecular weight is 856 g/mol. The summed E-state index contributed by atoms with van der Waals surface area (Å²) in [5.41, 5.74) is -0.217. The van der Waals surface area contributed by atoms with Crippen LogP contribution in [0.5, 0.6) is 0 Å². The van der Waals surface area contributed by atoms with E-state index in [-0.39, 0.29) is 31.6 Å². The minimum atomic E-state index is -1.34. The van der Waals surface area contributed by atoms with Gasteiger partial charge in [-0.3, -0.25) is 4.79 Å². The number of alkyl carbamates (subject to hydrolysis) is 1. The second-order valence-corrected chi connectivity index (χ2v) is 17.5. The maximum Gasteiger partial charge on any atom is 0.408 e. The molecule has 1 aliphatic carbocycles. The van der Waals surface area contributed by atoms with Crippen LogP contribution in [0.15, 0.2) is 83.3 Å². The van der Waals surface area contributed by atoms with Crippen molar-refractivity contribution in [1.29, 1.82) is 0 Å². The topological polar surface area (TPSA) is 129 Å². The van der Waals surface area contributed by atoms with Crippen molar-refractivity contribution >= 4 is 51.5 Å². The Balaban J connectivity index is 1.58. The van der Waals surface area contributed by atoms with E-state index in [0.717, 1.165) is 34.9 Å². The number of hydrogen-bond acceptors (Lipinski definition) is 9. The number of ether oxygens (including phenoxy) is 4. The summed E-state index contributed by atoms with van der Waals surface area (Å²) in [5.74, 6) is -1.92. The predicted molar refractivity (Wildman–Crippen MR) is 220 cm³/mol. The fraction of sp³-hybridized carbons (Fsp3) is 0.500. The van der Waals surface area contributed by atoms with Crippen molar-refractivity contribution in [2.75, 3.05) is 6.54 Å². The van der Waals surface area contributed by atoms with Crippen LogP contribution in [0.3, 0.4) is 0 Å². The third-order valence-corrected chi connectivity index (χ3v) is 10.1. The normalized spacial score (nSPS) is 15.4. The van der Waals surface area contributed by atoms with E-state index in [1.165, 1.54) is 0 Å². The maximum atomic E-state index is 14.6. The maximum absolute atomic E-state index is 14.6. The van der Waals surface area contributed by atoms with E-state index in [2.05, 4.69) is 26.6 Å². The average Bonchev–Trinajstić information content (AvgIpc) is 3.09. The summed E-state index contributed by atoms with van der Waals surface area (Å²) in [6, 6.07) is 23.8. The molecular weight excluding hydrogens is 800 g/mol. The number of carbonyl (C=O) groups excluding carboxylic acids is 4. The zero-order valence-electron chi connectivity index (χ0n) is 33.3. The molecular formula is C44H56BrClN2O8. The molecule has 1 fully saturated rings. The molecule has 304 valence electrons. The molecule has 1 saturated carbocycles. The molecule has 1 amide bonds. The van der Waals surface area contributed by atoms with E-state index in [1.54, 1.807) is 47.6 Å². The van der Waals surface area contributed by atoms with E-state index in [1.807, 2.05) is 72.8 Å². The predicted octanol–water partition coefficient (Wildman–Crippen LogP) is 9.58. The summed E-state index contributed by atoms with van der Waals surface area (Å²) < 4.78 is 24.3. The standard InChI is InChI=1S/C44H56BrClN2O8/c1-42(2,3)54-38(49)23-13-22-37(40(51)55-43(4,5)6)53-41(52)48-36(21-14-28-47-29-30-24-26-33(45)27-25-30)39(50)56-44(32-17-12-18-32,31-15-8-7-9-16-31)34-19-10-11-20-35(34)46/h7-11,15-16,19-20,24-27,32,36-37,47H,12-14,17-18,21-23,28-29H2,1-6H3,(H,48,52)/t36-,37-,44?/m0/s1. The van der Waals surface area contributed by atoms with Crippen molar-refractivity contribution in [2.24, 2.45) is 5.92 Å². The first-order chi connectivity index (χ1) is 26.5. The van der Waals surface area contributed by atoms with E-state index in [4.69, 9.17) is 30.5 Å². The number of rotatable bonds is 18. The van der Waals surface area contributed by atoms with Crippen LogP contribution in [0, 0.1) is 5.92 Å². The lowest BCUT2D eigenvalue weighted by molar-refractivity contribution is -0.169. The van der Waals surface area contributed by atoms with E-state index in [0.29, 0.717) is 30.1 Å². The highest BCUT2D eigenvalue weighted by atomic mass is 79.9. The Morgan fingerprint density at radius 1 is 0.786 bits per heavy atom. The van der Waals surface area contributed by atoms with E-state index < -0.39 is 53.0 Å². The number of nitrogens with one attached hydrogen (secondary N) is 2. The van der Waals surface area contributed by atoms with E-state index >= 15 is 0 Å². The Hall–Kier alpha value is -3.93.